The largest absolute Gasteiger partial charge is 0.471 e. The molecule has 2 aliphatic heterocycles. The first-order valence-electron chi connectivity index (χ1n) is 16.3. The second-order valence-electron chi connectivity index (χ2n) is 12.9. The molecule has 3 aromatic rings. The van der Waals surface area contributed by atoms with Gasteiger partial charge in [-0.05, 0) is 38.3 Å². The molecule has 3 heterocycles. The number of hydrogen-bond donors (Lipinski definition) is 1. The zero-order chi connectivity index (χ0) is 32.5. The van der Waals surface area contributed by atoms with Crippen molar-refractivity contribution in [1.29, 1.82) is 0 Å². The topological polar surface area (TPSA) is 111 Å². The first-order valence-corrected chi connectivity index (χ1v) is 16.3. The van der Waals surface area contributed by atoms with E-state index in [4.69, 9.17) is 19.4 Å². The van der Waals surface area contributed by atoms with Crippen molar-refractivity contribution >= 4 is 28.8 Å². The summed E-state index contributed by atoms with van der Waals surface area (Å²) in [5.74, 6) is -5.37. The number of carbonyl (C=O) groups excluding carboxylic acids is 3. The van der Waals surface area contributed by atoms with Crippen LogP contribution in [0.25, 0.3) is 22.3 Å². The molecule has 1 aromatic heterocycles. The predicted molar refractivity (Wildman–Crippen MR) is 167 cm³/mol. The molecule has 2 aromatic carbocycles. The van der Waals surface area contributed by atoms with Gasteiger partial charge in [-0.15, -0.1) is 0 Å². The number of esters is 1. The molecule has 1 N–H and O–H groups in total. The van der Waals surface area contributed by atoms with Crippen LogP contribution in [0.2, 0.25) is 0 Å². The zero-order valence-corrected chi connectivity index (χ0v) is 26.2. The third kappa shape index (κ3) is 6.55. The Labute approximate surface area is 267 Å². The molecule has 11 heteroatoms. The van der Waals surface area contributed by atoms with E-state index in [2.05, 4.69) is 5.32 Å². The molecule has 1 aliphatic carbocycles. The van der Waals surface area contributed by atoms with Crippen molar-refractivity contribution in [3.63, 3.8) is 0 Å². The molecule has 0 radical (unpaired) electrons. The van der Waals surface area contributed by atoms with Crippen LogP contribution >= 0.6 is 0 Å². The summed E-state index contributed by atoms with van der Waals surface area (Å²) in [6.07, 6.45) is 0.806. The lowest BCUT2D eigenvalue weighted by molar-refractivity contribution is -0.151. The fourth-order valence-corrected chi connectivity index (χ4v) is 6.86. The Bertz CT molecular complexity index is 1600. The zero-order valence-electron chi connectivity index (χ0n) is 26.2. The van der Waals surface area contributed by atoms with Crippen LogP contribution in [0.4, 0.5) is 8.78 Å². The van der Waals surface area contributed by atoms with E-state index in [0.29, 0.717) is 42.4 Å². The van der Waals surface area contributed by atoms with Gasteiger partial charge in [0.25, 0.3) is 0 Å². The molecule has 2 saturated heterocycles. The van der Waals surface area contributed by atoms with Gasteiger partial charge >= 0.3 is 5.97 Å². The molecule has 1 unspecified atom stereocenters. The van der Waals surface area contributed by atoms with E-state index in [-0.39, 0.29) is 44.2 Å². The SMILES string of the molecule is CCOC(=O)[C@@]12CC1CC(F)(F)CCCCC[C@H](C)C(=O)N1C[C@H](Oc3nc4ccccc4nc3-c3ccccc3)C[C@H]1C(=O)N2. The number of carbonyl (C=O) groups is 3. The van der Waals surface area contributed by atoms with E-state index >= 15 is 0 Å². The highest BCUT2D eigenvalue weighted by Crippen LogP contribution is 2.51. The summed E-state index contributed by atoms with van der Waals surface area (Å²) >= 11 is 0. The minimum atomic E-state index is -2.97. The van der Waals surface area contributed by atoms with Crippen molar-refractivity contribution in [2.24, 2.45) is 11.8 Å². The van der Waals surface area contributed by atoms with E-state index < -0.39 is 53.7 Å². The molecule has 2 amide bonds. The maximum Gasteiger partial charge on any atom is 0.332 e. The number of ether oxygens (including phenoxy) is 2. The van der Waals surface area contributed by atoms with Gasteiger partial charge < -0.3 is 19.7 Å². The first-order chi connectivity index (χ1) is 22.1. The third-order valence-electron chi connectivity index (χ3n) is 9.45. The number of aromatic nitrogens is 2. The second-order valence-corrected chi connectivity index (χ2v) is 12.9. The molecule has 3 fully saturated rings. The van der Waals surface area contributed by atoms with E-state index in [1.165, 1.54) is 4.90 Å². The van der Waals surface area contributed by atoms with Crippen molar-refractivity contribution in [3.8, 4) is 17.1 Å². The molecule has 0 bridgehead atoms. The van der Waals surface area contributed by atoms with Gasteiger partial charge in [0.2, 0.25) is 23.6 Å². The normalized spacial score (nSPS) is 28.3. The summed E-state index contributed by atoms with van der Waals surface area (Å²) in [6, 6.07) is 16.0. The Morgan fingerprint density at radius 3 is 2.46 bits per heavy atom. The predicted octanol–water partition coefficient (Wildman–Crippen LogP) is 5.71. The number of amides is 2. The fraction of sp³-hybridized carbons (Fsp3) is 0.514. The first kappa shape index (κ1) is 31.8. The Morgan fingerprint density at radius 2 is 1.72 bits per heavy atom. The smallest absolute Gasteiger partial charge is 0.332 e. The summed E-state index contributed by atoms with van der Waals surface area (Å²) in [5, 5.41) is 2.79. The van der Waals surface area contributed by atoms with Gasteiger partial charge in [-0.25, -0.2) is 23.5 Å². The van der Waals surface area contributed by atoms with Crippen molar-refractivity contribution in [2.75, 3.05) is 13.2 Å². The van der Waals surface area contributed by atoms with Crippen LogP contribution in [0, 0.1) is 11.8 Å². The number of nitrogens with zero attached hydrogens (tertiary/aromatic N) is 3. The van der Waals surface area contributed by atoms with Gasteiger partial charge in [0, 0.05) is 36.7 Å². The van der Waals surface area contributed by atoms with E-state index in [9.17, 15) is 23.2 Å². The second kappa shape index (κ2) is 12.9. The van der Waals surface area contributed by atoms with Crippen LogP contribution in [0.15, 0.2) is 54.6 Å². The number of para-hydroxylation sites is 2. The number of fused-ring (bicyclic) bond motifs is 3. The summed E-state index contributed by atoms with van der Waals surface area (Å²) < 4.78 is 41.6. The van der Waals surface area contributed by atoms with Crippen LogP contribution < -0.4 is 10.1 Å². The molecule has 6 rings (SSSR count). The maximum atomic E-state index is 15.0. The van der Waals surface area contributed by atoms with Crippen LogP contribution in [0.1, 0.15) is 65.2 Å². The number of nitrogens with one attached hydrogen (secondary N) is 1. The average Bonchev–Trinajstić information content (AvgIpc) is 3.54. The number of benzene rings is 2. The lowest BCUT2D eigenvalue weighted by atomic mass is 9.98. The quantitative estimate of drug-likeness (QED) is 0.358. The van der Waals surface area contributed by atoms with Crippen LogP contribution in [0.5, 0.6) is 5.88 Å². The molecular weight excluding hydrogens is 594 g/mol. The number of rotatable bonds is 5. The monoisotopic (exact) mass is 634 g/mol. The van der Waals surface area contributed by atoms with E-state index in [1.807, 2.05) is 54.6 Å². The Balaban J connectivity index is 1.31. The highest BCUT2D eigenvalue weighted by atomic mass is 19.3. The van der Waals surface area contributed by atoms with Crippen LogP contribution in [0.3, 0.4) is 0 Å². The van der Waals surface area contributed by atoms with Crippen molar-refractivity contribution in [3.05, 3.63) is 54.6 Å². The van der Waals surface area contributed by atoms with Gasteiger partial charge in [0.1, 0.15) is 23.4 Å². The summed E-state index contributed by atoms with van der Waals surface area (Å²) in [7, 11) is 0. The molecule has 1 saturated carbocycles. The van der Waals surface area contributed by atoms with Crippen molar-refractivity contribution < 1.29 is 32.6 Å². The third-order valence-corrected chi connectivity index (χ3v) is 9.45. The summed E-state index contributed by atoms with van der Waals surface area (Å²) in [5.41, 5.74) is 1.14. The van der Waals surface area contributed by atoms with Gasteiger partial charge in [0.15, 0.2) is 0 Å². The molecule has 46 heavy (non-hydrogen) atoms. The average molecular weight is 635 g/mol. The lowest BCUT2D eigenvalue weighted by Gasteiger charge is -2.28. The summed E-state index contributed by atoms with van der Waals surface area (Å²) in [4.78, 5) is 52.0. The molecule has 3 aliphatic rings. The molecule has 0 spiro atoms. The van der Waals surface area contributed by atoms with Gasteiger partial charge in [-0.3, -0.25) is 9.59 Å². The van der Waals surface area contributed by atoms with Crippen LogP contribution in [-0.2, 0) is 19.1 Å². The number of hydrogen-bond acceptors (Lipinski definition) is 7. The van der Waals surface area contributed by atoms with E-state index in [0.717, 1.165) is 5.56 Å². The Hall–Kier alpha value is -4.15. The van der Waals surface area contributed by atoms with Crippen LogP contribution in [-0.4, -0.2) is 69.4 Å². The molecule has 5 atom stereocenters. The highest BCUT2D eigenvalue weighted by Gasteiger charge is 2.65. The van der Waals surface area contributed by atoms with E-state index in [1.54, 1.807) is 13.8 Å². The highest BCUT2D eigenvalue weighted by molar-refractivity contribution is 5.95. The molecule has 9 nitrogen and oxygen atoms in total. The standard InChI is InChI=1S/C35H40F2N4O5/c1-3-45-33(44)35-20-24(35)19-34(36,37)17-11-5-6-12-22(2)32(43)41-21-25(18-28(41)30(42)40-35)46-31-29(23-13-7-4-8-14-23)38-26-15-9-10-16-27(26)39-31/h4,7-10,13-16,22,24-25,28H,3,5-6,11-12,17-21H2,1-2H3,(H,40,42)/t22-,24?,25+,28-,35+/m0/s1. The number of alkyl halides is 2. The Morgan fingerprint density at radius 1 is 1.00 bits per heavy atom. The minimum Gasteiger partial charge on any atom is -0.471 e. The molecular formula is C35H40F2N4O5. The number of halogens is 2. The van der Waals surface area contributed by atoms with Gasteiger partial charge in [-0.1, -0.05) is 62.2 Å². The maximum absolute atomic E-state index is 15.0. The lowest BCUT2D eigenvalue weighted by Crippen LogP contribution is -2.54. The van der Waals surface area contributed by atoms with Gasteiger partial charge in [-0.2, -0.15) is 0 Å². The van der Waals surface area contributed by atoms with Crippen molar-refractivity contribution in [1.82, 2.24) is 20.2 Å². The van der Waals surface area contributed by atoms with Crippen molar-refractivity contribution in [2.45, 2.75) is 88.8 Å². The van der Waals surface area contributed by atoms with Gasteiger partial charge in [0.05, 0.1) is 24.2 Å². The summed E-state index contributed by atoms with van der Waals surface area (Å²) in [6.45, 7) is 3.61. The Kier molecular flexibility index (Phi) is 8.94. The minimum absolute atomic E-state index is 0.0532. The molecule has 244 valence electrons. The fourth-order valence-electron chi connectivity index (χ4n) is 6.86.